The average molecular weight is 219 g/mol. The number of phenols is 1. The lowest BCUT2D eigenvalue weighted by Gasteiger charge is -2.07. The summed E-state index contributed by atoms with van der Waals surface area (Å²) in [6.07, 6.45) is 1.48. The van der Waals surface area contributed by atoms with Crippen LogP contribution in [0.5, 0.6) is 5.75 Å². The van der Waals surface area contributed by atoms with Crippen LogP contribution in [0.25, 0.3) is 11.3 Å². The fourth-order valence-electron chi connectivity index (χ4n) is 1.43. The summed E-state index contributed by atoms with van der Waals surface area (Å²) < 4.78 is 13.1. The lowest BCUT2D eigenvalue weighted by molar-refractivity contribution is 0.469. The Balaban J connectivity index is 2.63. The largest absolute Gasteiger partial charge is 0.508 e. The summed E-state index contributed by atoms with van der Waals surface area (Å²) in [5.74, 6) is -0.739. The summed E-state index contributed by atoms with van der Waals surface area (Å²) in [5.41, 5.74) is 12.7. The van der Waals surface area contributed by atoms with Gasteiger partial charge in [0.25, 0.3) is 0 Å². The summed E-state index contributed by atoms with van der Waals surface area (Å²) in [6.45, 7) is 0. The van der Waals surface area contributed by atoms with E-state index in [1.807, 2.05) is 0 Å². The average Bonchev–Trinajstić information content (AvgIpc) is 2.20. The van der Waals surface area contributed by atoms with Gasteiger partial charge >= 0.3 is 0 Å². The first-order valence-corrected chi connectivity index (χ1v) is 4.58. The zero-order chi connectivity index (χ0) is 11.7. The zero-order valence-corrected chi connectivity index (χ0v) is 8.31. The van der Waals surface area contributed by atoms with E-state index in [1.165, 1.54) is 18.3 Å². The van der Waals surface area contributed by atoms with Crippen molar-refractivity contribution < 1.29 is 9.50 Å². The van der Waals surface area contributed by atoms with Gasteiger partial charge in [-0.05, 0) is 18.2 Å². The Kier molecular flexibility index (Phi) is 2.36. The number of hydrogen-bond acceptors (Lipinski definition) is 4. The standard InChI is InChI=1S/C11H10FN3O/c12-7-3-6(4-8(16)5-7)11-10(14)9(13)1-2-15-11/h1-5,16H,14H2,(H2,13,15). The van der Waals surface area contributed by atoms with Gasteiger partial charge in [0, 0.05) is 17.8 Å². The number of aromatic hydroxyl groups is 1. The van der Waals surface area contributed by atoms with Crippen LogP contribution in [-0.2, 0) is 0 Å². The second-order valence-electron chi connectivity index (χ2n) is 3.36. The quantitative estimate of drug-likeness (QED) is 0.682. The molecule has 0 radical (unpaired) electrons. The Labute approximate surface area is 91.3 Å². The van der Waals surface area contributed by atoms with Crippen molar-refractivity contribution in [3.63, 3.8) is 0 Å². The van der Waals surface area contributed by atoms with E-state index < -0.39 is 5.82 Å². The molecule has 0 unspecified atom stereocenters. The maximum Gasteiger partial charge on any atom is 0.127 e. The summed E-state index contributed by atoms with van der Waals surface area (Å²) in [7, 11) is 0. The number of rotatable bonds is 1. The predicted molar refractivity (Wildman–Crippen MR) is 60.1 cm³/mol. The molecule has 0 spiro atoms. The Morgan fingerprint density at radius 1 is 1.19 bits per heavy atom. The van der Waals surface area contributed by atoms with Crippen LogP contribution in [-0.4, -0.2) is 10.1 Å². The summed E-state index contributed by atoms with van der Waals surface area (Å²) in [6, 6.07) is 5.17. The first kappa shape index (κ1) is 10.2. The molecule has 4 nitrogen and oxygen atoms in total. The number of nitrogens with zero attached hydrogens (tertiary/aromatic N) is 1. The van der Waals surface area contributed by atoms with Crippen molar-refractivity contribution in [1.82, 2.24) is 4.98 Å². The number of aromatic nitrogens is 1. The van der Waals surface area contributed by atoms with Gasteiger partial charge in [0.15, 0.2) is 0 Å². The van der Waals surface area contributed by atoms with E-state index in [-0.39, 0.29) is 11.4 Å². The van der Waals surface area contributed by atoms with Gasteiger partial charge in [-0.1, -0.05) is 0 Å². The van der Waals surface area contributed by atoms with Gasteiger partial charge in [-0.25, -0.2) is 4.39 Å². The number of pyridine rings is 1. The van der Waals surface area contributed by atoms with Crippen LogP contribution in [0.4, 0.5) is 15.8 Å². The monoisotopic (exact) mass is 219 g/mol. The Bertz CT molecular complexity index is 522. The second kappa shape index (κ2) is 3.69. The van der Waals surface area contributed by atoms with E-state index in [0.717, 1.165) is 6.07 Å². The van der Waals surface area contributed by atoms with Gasteiger partial charge in [0.1, 0.15) is 11.6 Å². The Morgan fingerprint density at radius 3 is 2.62 bits per heavy atom. The first-order chi connectivity index (χ1) is 7.58. The molecule has 0 saturated heterocycles. The second-order valence-corrected chi connectivity index (χ2v) is 3.36. The third kappa shape index (κ3) is 1.75. The van der Waals surface area contributed by atoms with Crippen molar-refractivity contribution in [2.24, 2.45) is 0 Å². The van der Waals surface area contributed by atoms with Crippen LogP contribution >= 0.6 is 0 Å². The molecule has 1 aromatic carbocycles. The van der Waals surface area contributed by atoms with E-state index >= 15 is 0 Å². The smallest absolute Gasteiger partial charge is 0.127 e. The van der Waals surface area contributed by atoms with Gasteiger partial charge in [0.05, 0.1) is 17.1 Å². The molecule has 2 aromatic rings. The van der Waals surface area contributed by atoms with Crippen LogP contribution in [0, 0.1) is 5.82 Å². The Morgan fingerprint density at radius 2 is 1.94 bits per heavy atom. The molecule has 0 bridgehead atoms. The molecule has 0 aliphatic heterocycles. The third-order valence-corrected chi connectivity index (χ3v) is 2.18. The van der Waals surface area contributed by atoms with Gasteiger partial charge in [-0.2, -0.15) is 0 Å². The molecule has 5 heteroatoms. The van der Waals surface area contributed by atoms with Crippen molar-refractivity contribution in [1.29, 1.82) is 0 Å². The summed E-state index contributed by atoms with van der Waals surface area (Å²) >= 11 is 0. The molecule has 0 aliphatic carbocycles. The van der Waals surface area contributed by atoms with Crippen molar-refractivity contribution in [2.75, 3.05) is 11.5 Å². The van der Waals surface area contributed by atoms with Crippen LogP contribution < -0.4 is 11.5 Å². The minimum atomic E-state index is -0.557. The highest BCUT2D eigenvalue weighted by Crippen LogP contribution is 2.30. The molecule has 82 valence electrons. The molecule has 0 amide bonds. The van der Waals surface area contributed by atoms with Crippen molar-refractivity contribution in [3.05, 3.63) is 36.3 Å². The predicted octanol–water partition coefficient (Wildman–Crippen LogP) is 1.76. The number of nitrogen functional groups attached to an aromatic ring is 2. The van der Waals surface area contributed by atoms with Gasteiger partial charge < -0.3 is 16.6 Å². The number of anilines is 2. The normalized spacial score (nSPS) is 10.3. The number of phenolic OH excluding ortho intramolecular Hbond substituents is 1. The highest BCUT2D eigenvalue weighted by atomic mass is 19.1. The van der Waals surface area contributed by atoms with Gasteiger partial charge in [-0.15, -0.1) is 0 Å². The molecule has 1 aromatic heterocycles. The van der Waals surface area contributed by atoms with E-state index in [0.29, 0.717) is 16.9 Å². The molecule has 2 rings (SSSR count). The number of benzene rings is 1. The maximum absolute atomic E-state index is 13.1. The minimum absolute atomic E-state index is 0.182. The first-order valence-electron chi connectivity index (χ1n) is 4.58. The molecule has 0 aliphatic rings. The molecular formula is C11H10FN3O. The molecule has 5 N–H and O–H groups in total. The van der Waals surface area contributed by atoms with Crippen LogP contribution in [0.3, 0.4) is 0 Å². The van der Waals surface area contributed by atoms with Crippen molar-refractivity contribution >= 4 is 11.4 Å². The molecular weight excluding hydrogens is 209 g/mol. The number of hydrogen-bond donors (Lipinski definition) is 3. The maximum atomic E-state index is 13.1. The van der Waals surface area contributed by atoms with E-state index in [1.54, 1.807) is 6.07 Å². The highest BCUT2D eigenvalue weighted by Gasteiger charge is 2.09. The zero-order valence-electron chi connectivity index (χ0n) is 8.31. The molecule has 16 heavy (non-hydrogen) atoms. The number of halogens is 1. The molecule has 0 saturated carbocycles. The fraction of sp³-hybridized carbons (Fsp3) is 0. The molecule has 0 atom stereocenters. The lowest BCUT2D eigenvalue weighted by Crippen LogP contribution is -1.99. The summed E-state index contributed by atoms with van der Waals surface area (Å²) in [4.78, 5) is 4.01. The fourth-order valence-corrected chi connectivity index (χ4v) is 1.43. The topological polar surface area (TPSA) is 85.2 Å². The van der Waals surface area contributed by atoms with Crippen molar-refractivity contribution in [3.8, 4) is 17.0 Å². The third-order valence-electron chi connectivity index (χ3n) is 2.18. The highest BCUT2D eigenvalue weighted by molar-refractivity contribution is 5.81. The van der Waals surface area contributed by atoms with Crippen molar-refractivity contribution in [2.45, 2.75) is 0 Å². The SMILES string of the molecule is Nc1ccnc(-c2cc(O)cc(F)c2)c1N. The van der Waals surface area contributed by atoms with Crippen LogP contribution in [0.2, 0.25) is 0 Å². The minimum Gasteiger partial charge on any atom is -0.508 e. The molecule has 1 heterocycles. The van der Waals surface area contributed by atoms with E-state index in [9.17, 15) is 9.50 Å². The van der Waals surface area contributed by atoms with E-state index in [4.69, 9.17) is 11.5 Å². The summed E-state index contributed by atoms with van der Waals surface area (Å²) in [5, 5.41) is 9.28. The van der Waals surface area contributed by atoms with Gasteiger partial charge in [0.2, 0.25) is 0 Å². The lowest BCUT2D eigenvalue weighted by atomic mass is 10.1. The Hall–Kier alpha value is -2.30. The molecule has 0 fully saturated rings. The van der Waals surface area contributed by atoms with Crippen LogP contribution in [0.1, 0.15) is 0 Å². The van der Waals surface area contributed by atoms with E-state index in [2.05, 4.69) is 4.98 Å². The number of nitrogens with two attached hydrogens (primary N) is 2. The van der Waals surface area contributed by atoms with Gasteiger partial charge in [-0.3, -0.25) is 4.98 Å². The van der Waals surface area contributed by atoms with Crippen LogP contribution in [0.15, 0.2) is 30.5 Å².